The van der Waals surface area contributed by atoms with E-state index in [0.29, 0.717) is 69.6 Å². The lowest BCUT2D eigenvalue weighted by atomic mass is 9.79. The van der Waals surface area contributed by atoms with E-state index in [4.69, 9.17) is 9.47 Å². The van der Waals surface area contributed by atoms with Gasteiger partial charge in [-0.05, 0) is 87.4 Å². The van der Waals surface area contributed by atoms with E-state index < -0.39 is 17.2 Å². The van der Waals surface area contributed by atoms with Crippen LogP contribution in [0.4, 0.5) is 8.78 Å². The highest BCUT2D eigenvalue weighted by molar-refractivity contribution is 5.95. The minimum Gasteiger partial charge on any atom is -0.439 e. The summed E-state index contributed by atoms with van der Waals surface area (Å²) >= 11 is 0. The average Bonchev–Trinajstić information content (AvgIpc) is 3.77. The molecule has 9 nitrogen and oxygen atoms in total. The van der Waals surface area contributed by atoms with Gasteiger partial charge in [-0.25, -0.2) is 8.78 Å². The number of pyridine rings is 2. The quantitative estimate of drug-likeness (QED) is 0.146. The van der Waals surface area contributed by atoms with Crippen molar-refractivity contribution >= 4 is 40.6 Å². The first kappa shape index (κ1) is 39.3. The lowest BCUT2D eigenvalue weighted by molar-refractivity contribution is -0.124. The Morgan fingerprint density at radius 3 is 1.56 bits per heavy atom. The highest BCUT2D eigenvalue weighted by Gasteiger charge is 2.51. The number of benzene rings is 4. The Balaban J connectivity index is 0.00000484. The van der Waals surface area contributed by atoms with Crippen molar-refractivity contribution in [2.75, 3.05) is 19.6 Å². The number of rotatable bonds is 9. The standard InChI is InChI=1S/C47H40F2N6O3.ClH/c1-29-15-17-37(48)31(3)43(29)57-45-41(35-19-21-50-25-39(35)54(45)33-11-7-5-8-12-33)47(27-52-23-24-53(47)28-56)42-36-20-22-51-26-40(36)55(34-13-9-6-10-14-34)46(42)58-44-30(2)16-18-38(49)32(44)4;/h5-22,25-26,28,52H,23-24,27H2,1-4H3;1H. The zero-order chi connectivity index (χ0) is 40.1. The Labute approximate surface area is 346 Å². The number of carbonyl (C=O) groups is 1. The maximum Gasteiger partial charge on any atom is 0.211 e. The van der Waals surface area contributed by atoms with Crippen LogP contribution in [0.5, 0.6) is 23.3 Å². The first-order chi connectivity index (χ1) is 28.2. The van der Waals surface area contributed by atoms with Gasteiger partial charge in [0.1, 0.15) is 28.7 Å². The summed E-state index contributed by atoms with van der Waals surface area (Å²) in [7, 11) is 0. The summed E-state index contributed by atoms with van der Waals surface area (Å²) in [6.07, 6.45) is 7.84. The van der Waals surface area contributed by atoms with Gasteiger partial charge in [0.2, 0.25) is 18.2 Å². The molecular weight excluding hydrogens is 770 g/mol. The number of para-hydroxylation sites is 2. The van der Waals surface area contributed by atoms with Crippen LogP contribution in [0.1, 0.15) is 33.4 Å². The molecule has 1 N–H and O–H groups in total. The van der Waals surface area contributed by atoms with Crippen molar-refractivity contribution in [3.05, 3.63) is 167 Å². The second-order valence-electron chi connectivity index (χ2n) is 14.7. The van der Waals surface area contributed by atoms with E-state index in [1.54, 1.807) is 55.7 Å². The van der Waals surface area contributed by atoms with Gasteiger partial charge >= 0.3 is 0 Å². The van der Waals surface area contributed by atoms with Crippen LogP contribution in [0.2, 0.25) is 0 Å². The summed E-state index contributed by atoms with van der Waals surface area (Å²) in [5.41, 5.74) is 4.93. The molecule has 12 heteroatoms. The van der Waals surface area contributed by atoms with Crippen LogP contribution in [-0.2, 0) is 10.3 Å². The van der Waals surface area contributed by atoms with Gasteiger partial charge in [0.05, 0.1) is 34.6 Å². The van der Waals surface area contributed by atoms with Crippen molar-refractivity contribution in [3.63, 3.8) is 0 Å². The van der Waals surface area contributed by atoms with Crippen LogP contribution in [0.3, 0.4) is 0 Å². The molecular formula is C47H41ClF2N6O3. The van der Waals surface area contributed by atoms with Crippen molar-refractivity contribution in [2.24, 2.45) is 0 Å². The minimum atomic E-state index is -1.38. The van der Waals surface area contributed by atoms with Gasteiger partial charge in [-0.1, -0.05) is 48.5 Å². The second kappa shape index (κ2) is 15.7. The molecule has 0 radical (unpaired) electrons. The van der Waals surface area contributed by atoms with E-state index in [2.05, 4.69) is 15.3 Å². The molecule has 5 heterocycles. The topological polar surface area (TPSA) is 86.4 Å². The van der Waals surface area contributed by atoms with Crippen LogP contribution >= 0.6 is 12.4 Å². The van der Waals surface area contributed by atoms with Crippen molar-refractivity contribution in [2.45, 2.75) is 33.2 Å². The van der Waals surface area contributed by atoms with Gasteiger partial charge in [0.15, 0.2) is 0 Å². The molecule has 0 unspecified atom stereocenters. The third kappa shape index (κ3) is 6.29. The molecule has 1 saturated heterocycles. The van der Waals surface area contributed by atoms with E-state index in [1.807, 2.05) is 95.8 Å². The number of nitrogens with one attached hydrogen (secondary N) is 1. The number of amides is 1. The molecule has 298 valence electrons. The first-order valence-electron chi connectivity index (χ1n) is 19.1. The number of aryl methyl sites for hydroxylation is 2. The molecule has 59 heavy (non-hydrogen) atoms. The largest absolute Gasteiger partial charge is 0.439 e. The Kier molecular flexibility index (Phi) is 10.4. The van der Waals surface area contributed by atoms with Crippen LogP contribution in [0.15, 0.2) is 122 Å². The molecule has 0 saturated carbocycles. The van der Waals surface area contributed by atoms with Gasteiger partial charge in [-0.2, -0.15) is 0 Å². The highest BCUT2D eigenvalue weighted by atomic mass is 35.5. The van der Waals surface area contributed by atoms with E-state index in [0.717, 1.165) is 39.7 Å². The molecule has 0 atom stereocenters. The zero-order valence-electron chi connectivity index (χ0n) is 32.9. The highest BCUT2D eigenvalue weighted by Crippen LogP contribution is 2.55. The fourth-order valence-electron chi connectivity index (χ4n) is 8.49. The second-order valence-corrected chi connectivity index (χ2v) is 14.7. The molecule has 4 aromatic carbocycles. The number of hydrogen-bond donors (Lipinski definition) is 1. The summed E-state index contributed by atoms with van der Waals surface area (Å²) < 4.78 is 49.2. The molecule has 0 aliphatic carbocycles. The smallest absolute Gasteiger partial charge is 0.211 e. The van der Waals surface area contributed by atoms with Crippen LogP contribution in [-0.4, -0.2) is 50.0 Å². The lowest BCUT2D eigenvalue weighted by Gasteiger charge is -2.46. The number of ether oxygens (including phenoxy) is 2. The first-order valence-corrected chi connectivity index (χ1v) is 19.1. The summed E-state index contributed by atoms with van der Waals surface area (Å²) in [5, 5.41) is 5.12. The monoisotopic (exact) mass is 810 g/mol. The molecule has 1 aliphatic heterocycles. The van der Waals surface area contributed by atoms with E-state index in [-0.39, 0.29) is 19.0 Å². The maximum atomic E-state index is 15.5. The fourth-order valence-corrected chi connectivity index (χ4v) is 8.49. The Hall–Kier alpha value is -6.56. The Morgan fingerprint density at radius 1 is 0.661 bits per heavy atom. The van der Waals surface area contributed by atoms with Gasteiger partial charge in [0, 0.05) is 65.3 Å². The van der Waals surface area contributed by atoms with Gasteiger partial charge in [-0.15, -0.1) is 12.4 Å². The van der Waals surface area contributed by atoms with Gasteiger partial charge in [0.25, 0.3) is 0 Å². The Morgan fingerprint density at radius 2 is 1.12 bits per heavy atom. The van der Waals surface area contributed by atoms with E-state index in [1.165, 1.54) is 12.1 Å². The number of aromatic nitrogens is 4. The lowest BCUT2D eigenvalue weighted by Crippen LogP contribution is -2.59. The summed E-state index contributed by atoms with van der Waals surface area (Å²) in [6.45, 7) is 8.18. The molecule has 1 aliphatic rings. The number of carbonyl (C=O) groups excluding carboxylic acids is 1. The van der Waals surface area contributed by atoms with E-state index in [9.17, 15) is 4.79 Å². The molecule has 1 amide bonds. The van der Waals surface area contributed by atoms with Crippen LogP contribution in [0, 0.1) is 39.3 Å². The summed E-state index contributed by atoms with van der Waals surface area (Å²) in [5.74, 6) is 0.600. The number of halogens is 3. The predicted octanol–water partition coefficient (Wildman–Crippen LogP) is 10.2. The van der Waals surface area contributed by atoms with Crippen LogP contribution < -0.4 is 14.8 Å². The van der Waals surface area contributed by atoms with Gasteiger partial charge < -0.3 is 19.7 Å². The molecule has 9 rings (SSSR count). The molecule has 1 fully saturated rings. The number of piperazine rings is 1. The Bertz CT molecular complexity index is 2680. The number of nitrogens with zero attached hydrogens (tertiary/aromatic N) is 5. The van der Waals surface area contributed by atoms with Crippen molar-refractivity contribution in [1.29, 1.82) is 0 Å². The summed E-state index contributed by atoms with van der Waals surface area (Å²) in [6, 6.07) is 29.6. The summed E-state index contributed by atoms with van der Waals surface area (Å²) in [4.78, 5) is 24.8. The molecule has 0 spiro atoms. The molecule has 8 aromatic rings. The zero-order valence-corrected chi connectivity index (χ0v) is 33.7. The molecule has 0 bridgehead atoms. The van der Waals surface area contributed by atoms with Crippen LogP contribution in [0.25, 0.3) is 33.2 Å². The van der Waals surface area contributed by atoms with Crippen molar-refractivity contribution in [3.8, 4) is 34.6 Å². The predicted molar refractivity (Wildman–Crippen MR) is 228 cm³/mol. The third-order valence-electron chi connectivity index (χ3n) is 11.3. The fraction of sp³-hybridized carbons (Fsp3) is 0.170. The minimum absolute atomic E-state index is 0. The molecule has 4 aromatic heterocycles. The number of hydrogen-bond acceptors (Lipinski definition) is 6. The van der Waals surface area contributed by atoms with Crippen molar-refractivity contribution in [1.82, 2.24) is 29.3 Å². The van der Waals surface area contributed by atoms with Crippen molar-refractivity contribution < 1.29 is 23.0 Å². The number of fused-ring (bicyclic) bond motifs is 2. The third-order valence-corrected chi connectivity index (χ3v) is 11.3. The van der Waals surface area contributed by atoms with Gasteiger partial charge in [-0.3, -0.25) is 23.9 Å². The normalized spacial score (nSPS) is 13.7. The maximum absolute atomic E-state index is 15.5. The average molecular weight is 811 g/mol. The SMILES string of the molecule is Cc1ccc(F)c(C)c1Oc1c(C2(c3c(Oc4c(C)ccc(F)c4C)n(-c4ccccc4)c4cnccc34)CNCCN2C=O)c2ccncc2n1-c1ccccc1.Cl. The van der Waals surface area contributed by atoms with E-state index >= 15 is 8.78 Å².